The molecular weight excluding hydrogens is 210 g/mol. The molecule has 6 heteroatoms. The van der Waals surface area contributed by atoms with E-state index in [2.05, 4.69) is 10.6 Å². The quantitative estimate of drug-likeness (QED) is 0.438. The summed E-state index contributed by atoms with van der Waals surface area (Å²) in [5, 5.41) is 14.6. The van der Waals surface area contributed by atoms with Crippen LogP contribution in [0.25, 0.3) is 0 Å². The van der Waals surface area contributed by atoms with Crippen LogP contribution in [0.3, 0.4) is 0 Å². The maximum absolute atomic E-state index is 11.5. The van der Waals surface area contributed by atoms with Crippen molar-refractivity contribution in [3.63, 3.8) is 0 Å². The minimum Gasteiger partial charge on any atom is -0.382 e. The van der Waals surface area contributed by atoms with Crippen LogP contribution in [0.4, 0.5) is 0 Å². The Labute approximate surface area is 95.6 Å². The Bertz CT molecular complexity index is 245. The number of carbonyl (C=O) groups excluding carboxylic acids is 2. The summed E-state index contributed by atoms with van der Waals surface area (Å²) in [6.45, 7) is 5.51. The largest absolute Gasteiger partial charge is 0.382 e. The van der Waals surface area contributed by atoms with Gasteiger partial charge in [0.05, 0.1) is 6.04 Å². The third-order valence-corrected chi connectivity index (χ3v) is 2.34. The van der Waals surface area contributed by atoms with Gasteiger partial charge in [0.25, 0.3) is 0 Å². The lowest BCUT2D eigenvalue weighted by Gasteiger charge is -2.18. The summed E-state index contributed by atoms with van der Waals surface area (Å²) in [7, 11) is 0. The molecule has 0 fully saturated rings. The van der Waals surface area contributed by atoms with Gasteiger partial charge in [0.1, 0.15) is 6.10 Å². The number of amides is 2. The van der Waals surface area contributed by atoms with Crippen LogP contribution in [0.2, 0.25) is 0 Å². The SMILES string of the molecule is CCC(C)NC(=O)C(C)NCC(O)C(N)=O. The third kappa shape index (κ3) is 5.67. The zero-order valence-electron chi connectivity index (χ0n) is 9.99. The predicted octanol–water partition coefficient (Wildman–Crippen LogP) is -1.27. The lowest BCUT2D eigenvalue weighted by Crippen LogP contribution is -2.48. The highest BCUT2D eigenvalue weighted by molar-refractivity contribution is 5.82. The van der Waals surface area contributed by atoms with E-state index in [-0.39, 0.29) is 18.5 Å². The Hall–Kier alpha value is -1.14. The molecule has 0 spiro atoms. The third-order valence-electron chi connectivity index (χ3n) is 2.34. The molecule has 0 aromatic rings. The second-order valence-corrected chi connectivity index (χ2v) is 3.87. The molecule has 0 aliphatic rings. The summed E-state index contributed by atoms with van der Waals surface area (Å²) in [4.78, 5) is 22.1. The normalized spacial score (nSPS) is 16.2. The van der Waals surface area contributed by atoms with Gasteiger partial charge < -0.3 is 21.5 Å². The van der Waals surface area contributed by atoms with Crippen molar-refractivity contribution in [2.75, 3.05) is 6.54 Å². The summed E-state index contributed by atoms with van der Waals surface area (Å²) in [6.07, 6.45) is -0.415. The molecule has 0 aliphatic heterocycles. The number of hydrogen-bond acceptors (Lipinski definition) is 4. The average molecular weight is 231 g/mol. The van der Waals surface area contributed by atoms with Crippen molar-refractivity contribution in [1.29, 1.82) is 0 Å². The monoisotopic (exact) mass is 231 g/mol. The Morgan fingerprint density at radius 2 is 1.94 bits per heavy atom. The molecule has 16 heavy (non-hydrogen) atoms. The van der Waals surface area contributed by atoms with Crippen LogP contribution in [-0.2, 0) is 9.59 Å². The Balaban J connectivity index is 3.92. The van der Waals surface area contributed by atoms with Gasteiger partial charge in [-0.1, -0.05) is 6.92 Å². The van der Waals surface area contributed by atoms with Crippen LogP contribution in [0.1, 0.15) is 27.2 Å². The molecule has 3 atom stereocenters. The molecule has 5 N–H and O–H groups in total. The fraction of sp³-hybridized carbons (Fsp3) is 0.800. The van der Waals surface area contributed by atoms with Crippen molar-refractivity contribution in [3.05, 3.63) is 0 Å². The summed E-state index contributed by atoms with van der Waals surface area (Å²) in [6, 6.07) is -0.360. The topological polar surface area (TPSA) is 104 Å². The van der Waals surface area contributed by atoms with Gasteiger partial charge in [-0.25, -0.2) is 0 Å². The fourth-order valence-corrected chi connectivity index (χ4v) is 0.952. The minimum absolute atomic E-state index is 0.0234. The van der Waals surface area contributed by atoms with E-state index in [1.807, 2.05) is 13.8 Å². The average Bonchev–Trinajstić information content (AvgIpc) is 2.24. The molecule has 0 saturated heterocycles. The maximum Gasteiger partial charge on any atom is 0.247 e. The molecule has 2 amide bonds. The van der Waals surface area contributed by atoms with Gasteiger partial charge in [-0.15, -0.1) is 0 Å². The molecular formula is C10H21N3O3. The number of nitrogens with two attached hydrogens (primary N) is 1. The first-order valence-corrected chi connectivity index (χ1v) is 5.39. The van der Waals surface area contributed by atoms with Gasteiger partial charge in [-0.05, 0) is 20.3 Å². The van der Waals surface area contributed by atoms with Crippen LogP contribution in [0.5, 0.6) is 0 Å². The van der Waals surface area contributed by atoms with E-state index >= 15 is 0 Å². The van der Waals surface area contributed by atoms with Crippen molar-refractivity contribution in [2.24, 2.45) is 5.73 Å². The zero-order valence-corrected chi connectivity index (χ0v) is 9.99. The first kappa shape index (κ1) is 14.9. The van der Waals surface area contributed by atoms with Crippen molar-refractivity contribution < 1.29 is 14.7 Å². The maximum atomic E-state index is 11.5. The minimum atomic E-state index is -1.26. The van der Waals surface area contributed by atoms with Gasteiger partial charge in [0.2, 0.25) is 11.8 Å². The molecule has 0 aromatic heterocycles. The summed E-state index contributed by atoms with van der Waals surface area (Å²) < 4.78 is 0. The standard InChI is InChI=1S/C10H21N3O3/c1-4-6(2)13-10(16)7(3)12-5-8(14)9(11)15/h6-8,12,14H,4-5H2,1-3H3,(H2,11,15)(H,13,16). The molecule has 0 rings (SSSR count). The second kappa shape index (κ2) is 7.19. The van der Waals surface area contributed by atoms with E-state index in [0.717, 1.165) is 6.42 Å². The molecule has 94 valence electrons. The molecule has 6 nitrogen and oxygen atoms in total. The number of aliphatic hydroxyl groups excluding tert-OH is 1. The van der Waals surface area contributed by atoms with Gasteiger partial charge in [0.15, 0.2) is 0 Å². The highest BCUT2D eigenvalue weighted by atomic mass is 16.3. The Morgan fingerprint density at radius 1 is 1.38 bits per heavy atom. The van der Waals surface area contributed by atoms with Gasteiger partial charge in [0, 0.05) is 12.6 Å². The number of rotatable bonds is 7. The van der Waals surface area contributed by atoms with Crippen LogP contribution in [0, 0.1) is 0 Å². The first-order chi connectivity index (χ1) is 7.38. The molecule has 0 aliphatic carbocycles. The van der Waals surface area contributed by atoms with Crippen molar-refractivity contribution >= 4 is 11.8 Å². The van der Waals surface area contributed by atoms with Crippen LogP contribution in [0.15, 0.2) is 0 Å². The molecule has 0 heterocycles. The van der Waals surface area contributed by atoms with Crippen LogP contribution >= 0.6 is 0 Å². The van der Waals surface area contributed by atoms with E-state index in [0.29, 0.717) is 0 Å². The van der Waals surface area contributed by atoms with Crippen molar-refractivity contribution in [2.45, 2.75) is 45.4 Å². The van der Waals surface area contributed by atoms with Crippen molar-refractivity contribution in [1.82, 2.24) is 10.6 Å². The molecule has 0 bridgehead atoms. The van der Waals surface area contributed by atoms with Gasteiger partial charge in [-0.2, -0.15) is 0 Å². The fourth-order valence-electron chi connectivity index (χ4n) is 0.952. The summed E-state index contributed by atoms with van der Waals surface area (Å²) >= 11 is 0. The molecule has 0 radical (unpaired) electrons. The highest BCUT2D eigenvalue weighted by Crippen LogP contribution is 1.91. The zero-order chi connectivity index (χ0) is 12.7. The lowest BCUT2D eigenvalue weighted by molar-refractivity contribution is -0.127. The van der Waals surface area contributed by atoms with Gasteiger partial charge in [-0.3, -0.25) is 9.59 Å². The summed E-state index contributed by atoms with van der Waals surface area (Å²) in [5.41, 5.74) is 4.87. The first-order valence-electron chi connectivity index (χ1n) is 5.39. The van der Waals surface area contributed by atoms with E-state index in [4.69, 9.17) is 10.8 Å². The molecule has 0 saturated carbocycles. The Kier molecular flexibility index (Phi) is 6.67. The highest BCUT2D eigenvalue weighted by Gasteiger charge is 2.17. The molecule has 3 unspecified atom stereocenters. The second-order valence-electron chi connectivity index (χ2n) is 3.87. The number of carbonyl (C=O) groups is 2. The van der Waals surface area contributed by atoms with E-state index < -0.39 is 18.1 Å². The lowest BCUT2D eigenvalue weighted by atomic mass is 10.2. The van der Waals surface area contributed by atoms with E-state index in [1.165, 1.54) is 0 Å². The van der Waals surface area contributed by atoms with E-state index in [9.17, 15) is 9.59 Å². The van der Waals surface area contributed by atoms with Gasteiger partial charge >= 0.3 is 0 Å². The number of primary amides is 1. The number of hydrogen-bond donors (Lipinski definition) is 4. The smallest absolute Gasteiger partial charge is 0.247 e. The molecule has 0 aromatic carbocycles. The van der Waals surface area contributed by atoms with Crippen molar-refractivity contribution in [3.8, 4) is 0 Å². The number of nitrogens with one attached hydrogen (secondary N) is 2. The number of aliphatic hydroxyl groups is 1. The predicted molar refractivity (Wildman–Crippen MR) is 60.6 cm³/mol. The summed E-state index contributed by atoms with van der Waals surface area (Å²) in [5.74, 6) is -0.965. The van der Waals surface area contributed by atoms with E-state index in [1.54, 1.807) is 6.92 Å². The van der Waals surface area contributed by atoms with Crippen LogP contribution < -0.4 is 16.4 Å². The van der Waals surface area contributed by atoms with Crippen LogP contribution in [-0.4, -0.2) is 41.7 Å². The Morgan fingerprint density at radius 3 is 2.38 bits per heavy atom.